The van der Waals surface area contributed by atoms with Gasteiger partial charge in [0.2, 0.25) is 0 Å². The van der Waals surface area contributed by atoms with Gasteiger partial charge in [0.25, 0.3) is 0 Å². The number of nitrogens with one attached hydrogen (secondary N) is 1. The molecule has 1 amide bonds. The Morgan fingerprint density at radius 1 is 1.20 bits per heavy atom. The molecule has 2 heterocycles. The van der Waals surface area contributed by atoms with Gasteiger partial charge in [-0.3, -0.25) is 4.90 Å². The number of rotatable bonds is 4. The van der Waals surface area contributed by atoms with Crippen molar-refractivity contribution in [1.29, 1.82) is 0 Å². The van der Waals surface area contributed by atoms with E-state index >= 15 is 0 Å². The van der Waals surface area contributed by atoms with E-state index in [2.05, 4.69) is 24.1 Å². The van der Waals surface area contributed by atoms with E-state index in [1.807, 2.05) is 35.2 Å². The zero-order valence-corrected chi connectivity index (χ0v) is 15.5. The molecule has 2 saturated heterocycles. The number of piperazine rings is 1. The summed E-state index contributed by atoms with van der Waals surface area (Å²) in [7, 11) is 0. The third kappa shape index (κ3) is 4.95. The summed E-state index contributed by atoms with van der Waals surface area (Å²) >= 11 is 0. The molecule has 0 spiro atoms. The molecule has 1 N–H and O–H groups in total. The number of carbonyl (C=O) groups excluding carboxylic acids is 1. The number of piperidine rings is 1. The fourth-order valence-electron chi connectivity index (χ4n) is 3.80. The van der Waals surface area contributed by atoms with E-state index in [1.165, 1.54) is 6.42 Å². The van der Waals surface area contributed by atoms with Crippen LogP contribution in [0.5, 0.6) is 0 Å². The van der Waals surface area contributed by atoms with Crippen LogP contribution < -0.4 is 5.32 Å². The van der Waals surface area contributed by atoms with Crippen molar-refractivity contribution >= 4 is 6.09 Å². The third-order valence-electron chi connectivity index (χ3n) is 5.67. The van der Waals surface area contributed by atoms with Crippen LogP contribution in [-0.4, -0.2) is 61.7 Å². The van der Waals surface area contributed by atoms with Gasteiger partial charge in [-0.05, 0) is 29.9 Å². The zero-order chi connectivity index (χ0) is 17.7. The number of hydrogen-bond donors (Lipinski definition) is 1. The Labute approximate surface area is 151 Å². The normalized spacial score (nSPS) is 24.1. The average Bonchev–Trinajstić information content (AvgIpc) is 2.63. The summed E-state index contributed by atoms with van der Waals surface area (Å²) < 4.78 is 5.45. The summed E-state index contributed by atoms with van der Waals surface area (Å²) in [5.41, 5.74) is 1.38. The molecular formula is C20H31N3O2. The second-order valence-electron chi connectivity index (χ2n) is 7.98. The minimum absolute atomic E-state index is 0.189. The molecule has 0 radical (unpaired) electrons. The Hall–Kier alpha value is -1.59. The minimum atomic E-state index is -0.189. The lowest BCUT2D eigenvalue weighted by Gasteiger charge is -2.43. The van der Waals surface area contributed by atoms with Crippen LogP contribution in [0.15, 0.2) is 30.3 Å². The smallest absolute Gasteiger partial charge is 0.410 e. The van der Waals surface area contributed by atoms with E-state index in [-0.39, 0.29) is 6.09 Å². The Morgan fingerprint density at radius 2 is 1.92 bits per heavy atom. The van der Waals surface area contributed by atoms with Crippen LogP contribution in [0.3, 0.4) is 0 Å². The van der Waals surface area contributed by atoms with Gasteiger partial charge in [-0.25, -0.2) is 4.79 Å². The molecule has 2 fully saturated rings. The molecule has 1 aromatic carbocycles. The van der Waals surface area contributed by atoms with Crippen LogP contribution in [0.1, 0.15) is 25.8 Å². The number of carbonyl (C=O) groups is 1. The van der Waals surface area contributed by atoms with Gasteiger partial charge in [-0.1, -0.05) is 44.2 Å². The first-order valence-corrected chi connectivity index (χ1v) is 9.43. The van der Waals surface area contributed by atoms with Gasteiger partial charge in [0, 0.05) is 39.3 Å². The lowest BCUT2D eigenvalue weighted by molar-refractivity contribution is 0.0506. The maximum absolute atomic E-state index is 12.2. The highest BCUT2D eigenvalue weighted by molar-refractivity contribution is 5.67. The average molecular weight is 345 g/mol. The van der Waals surface area contributed by atoms with Crippen molar-refractivity contribution in [3.05, 3.63) is 35.9 Å². The van der Waals surface area contributed by atoms with Crippen LogP contribution >= 0.6 is 0 Å². The first-order valence-electron chi connectivity index (χ1n) is 9.43. The number of nitrogens with zero attached hydrogens (tertiary/aromatic N) is 2. The van der Waals surface area contributed by atoms with Crippen molar-refractivity contribution in [2.45, 2.75) is 26.9 Å². The number of ether oxygens (including phenoxy) is 1. The van der Waals surface area contributed by atoms with Crippen molar-refractivity contribution in [3.63, 3.8) is 0 Å². The highest BCUT2D eigenvalue weighted by atomic mass is 16.6. The fourth-order valence-corrected chi connectivity index (χ4v) is 3.80. The van der Waals surface area contributed by atoms with Gasteiger partial charge in [-0.2, -0.15) is 0 Å². The topological polar surface area (TPSA) is 44.8 Å². The SMILES string of the molecule is CC1(C)CNCCC1CN1CCN(C(=O)OCc2ccccc2)CC1. The van der Waals surface area contributed by atoms with Crippen molar-refractivity contribution in [2.24, 2.45) is 11.3 Å². The molecular weight excluding hydrogens is 314 g/mol. The number of hydrogen-bond acceptors (Lipinski definition) is 4. The van der Waals surface area contributed by atoms with Gasteiger partial charge in [-0.15, -0.1) is 0 Å². The Morgan fingerprint density at radius 3 is 2.60 bits per heavy atom. The first-order chi connectivity index (χ1) is 12.0. The van der Waals surface area contributed by atoms with E-state index in [9.17, 15) is 4.79 Å². The summed E-state index contributed by atoms with van der Waals surface area (Å²) in [5.74, 6) is 0.727. The lowest BCUT2D eigenvalue weighted by Crippen LogP contribution is -2.53. The van der Waals surface area contributed by atoms with Gasteiger partial charge in [0.05, 0.1) is 0 Å². The van der Waals surface area contributed by atoms with Crippen LogP contribution in [0, 0.1) is 11.3 Å². The van der Waals surface area contributed by atoms with Gasteiger partial charge < -0.3 is 15.0 Å². The molecule has 0 aromatic heterocycles. The molecule has 2 aliphatic heterocycles. The molecule has 1 unspecified atom stereocenters. The quantitative estimate of drug-likeness (QED) is 0.911. The third-order valence-corrected chi connectivity index (χ3v) is 5.67. The first kappa shape index (κ1) is 18.2. The van der Waals surface area contributed by atoms with E-state index in [4.69, 9.17) is 4.74 Å². The van der Waals surface area contributed by atoms with Gasteiger partial charge >= 0.3 is 6.09 Å². The van der Waals surface area contributed by atoms with Crippen molar-refractivity contribution < 1.29 is 9.53 Å². The van der Waals surface area contributed by atoms with E-state index in [0.29, 0.717) is 12.0 Å². The van der Waals surface area contributed by atoms with Crippen LogP contribution in [0.4, 0.5) is 4.79 Å². The molecule has 5 heteroatoms. The van der Waals surface area contributed by atoms with E-state index in [0.717, 1.165) is 57.3 Å². The van der Waals surface area contributed by atoms with E-state index < -0.39 is 0 Å². The van der Waals surface area contributed by atoms with Crippen molar-refractivity contribution in [2.75, 3.05) is 45.8 Å². The van der Waals surface area contributed by atoms with Crippen molar-refractivity contribution in [1.82, 2.24) is 15.1 Å². The van der Waals surface area contributed by atoms with Gasteiger partial charge in [0.15, 0.2) is 0 Å². The summed E-state index contributed by atoms with van der Waals surface area (Å²) in [5, 5.41) is 3.50. The summed E-state index contributed by atoms with van der Waals surface area (Å²) in [6.07, 6.45) is 1.05. The summed E-state index contributed by atoms with van der Waals surface area (Å²) in [4.78, 5) is 16.6. The van der Waals surface area contributed by atoms with Crippen LogP contribution in [0.2, 0.25) is 0 Å². The molecule has 0 aliphatic carbocycles. The maximum Gasteiger partial charge on any atom is 0.410 e. The predicted molar refractivity (Wildman–Crippen MR) is 99.4 cm³/mol. The Balaban J connectivity index is 1.41. The van der Waals surface area contributed by atoms with Gasteiger partial charge in [0.1, 0.15) is 6.61 Å². The molecule has 25 heavy (non-hydrogen) atoms. The highest BCUT2D eigenvalue weighted by Gasteiger charge is 2.34. The maximum atomic E-state index is 12.2. The minimum Gasteiger partial charge on any atom is -0.445 e. The summed E-state index contributed by atoms with van der Waals surface area (Å²) in [6.45, 7) is 11.9. The Kier molecular flexibility index (Phi) is 5.97. The molecule has 5 nitrogen and oxygen atoms in total. The van der Waals surface area contributed by atoms with Crippen molar-refractivity contribution in [3.8, 4) is 0 Å². The number of benzene rings is 1. The monoisotopic (exact) mass is 345 g/mol. The molecule has 3 rings (SSSR count). The fraction of sp³-hybridized carbons (Fsp3) is 0.650. The second-order valence-corrected chi connectivity index (χ2v) is 7.98. The highest BCUT2D eigenvalue weighted by Crippen LogP contribution is 2.32. The standard InChI is InChI=1S/C20H31N3O2/c1-20(2)16-21-9-8-18(20)14-22-10-12-23(13-11-22)19(24)25-15-17-6-4-3-5-7-17/h3-7,18,21H,8-16H2,1-2H3. The largest absolute Gasteiger partial charge is 0.445 e. The predicted octanol–water partition coefficient (Wildman–Crippen LogP) is 2.58. The van der Waals surface area contributed by atoms with E-state index in [1.54, 1.807) is 0 Å². The zero-order valence-electron chi connectivity index (χ0n) is 15.5. The Bertz CT molecular complexity index is 553. The molecule has 0 bridgehead atoms. The number of amides is 1. The summed E-state index contributed by atoms with van der Waals surface area (Å²) in [6, 6.07) is 9.85. The lowest BCUT2D eigenvalue weighted by atomic mass is 9.74. The molecule has 138 valence electrons. The molecule has 0 saturated carbocycles. The molecule has 1 aromatic rings. The second kappa shape index (κ2) is 8.19. The van der Waals surface area contributed by atoms with Crippen LogP contribution in [0.25, 0.3) is 0 Å². The molecule has 1 atom stereocenters. The van der Waals surface area contributed by atoms with Crippen LogP contribution in [-0.2, 0) is 11.3 Å². The molecule has 2 aliphatic rings.